The molecule has 3 aromatic heterocycles. The number of aliphatic carboxylic acids is 2. The van der Waals surface area contributed by atoms with E-state index in [-0.39, 0.29) is 0 Å². The van der Waals surface area contributed by atoms with Crippen LogP contribution in [0.2, 0.25) is 0 Å². The lowest BCUT2D eigenvalue weighted by atomic mass is 9.96. The van der Waals surface area contributed by atoms with Crippen LogP contribution < -0.4 is 5.32 Å². The number of imidazole rings is 1. The Labute approximate surface area is 185 Å². The zero-order valence-electron chi connectivity index (χ0n) is 18.0. The van der Waals surface area contributed by atoms with Crippen molar-refractivity contribution in [3.8, 4) is 0 Å². The summed E-state index contributed by atoms with van der Waals surface area (Å²) in [5.74, 6) is 1.21. The molecule has 32 heavy (non-hydrogen) atoms. The molecule has 1 unspecified atom stereocenters. The van der Waals surface area contributed by atoms with E-state index in [4.69, 9.17) is 19.6 Å². The molecule has 0 radical (unpaired) electrons. The molecule has 170 valence electrons. The molecule has 1 atom stereocenters. The molecule has 1 fully saturated rings. The Hall–Kier alpha value is -3.46. The van der Waals surface area contributed by atoms with Gasteiger partial charge in [-0.1, -0.05) is 0 Å². The van der Waals surface area contributed by atoms with Gasteiger partial charge in [-0.05, 0) is 69.5 Å². The van der Waals surface area contributed by atoms with E-state index in [0.717, 1.165) is 48.0 Å². The fraction of sp³-hybridized carbons (Fsp3) is 0.391. The number of furan rings is 1. The maximum atomic E-state index is 9.55. The first-order valence-corrected chi connectivity index (χ1v) is 10.6. The smallest absolute Gasteiger partial charge is 0.328 e. The molecule has 4 heterocycles. The molecule has 4 rings (SSSR count). The standard InChI is InChI=1S/C19H24N4O.C4H4O4/c1-14-6-7-16(24-14)13-23-18(12-15-4-2-9-20-11-8-15)22-17-5-3-10-21-19(17)23;5-3(6)1-2-4(7)8/h3,5-7,10,15,20H,2,4,8-9,11-13H2,1H3;1-2H,(H,5,6)(H,7,8)/b;2-1+. The predicted octanol–water partition coefficient (Wildman–Crippen LogP) is 3.03. The van der Waals surface area contributed by atoms with Gasteiger partial charge in [-0.3, -0.25) is 0 Å². The number of aryl methyl sites for hydroxylation is 1. The highest BCUT2D eigenvalue weighted by molar-refractivity contribution is 5.89. The molecule has 0 bridgehead atoms. The Bertz CT molecular complexity index is 1060. The van der Waals surface area contributed by atoms with Crippen molar-refractivity contribution in [2.45, 2.75) is 39.2 Å². The number of carboxylic acids is 2. The minimum atomic E-state index is -1.26. The summed E-state index contributed by atoms with van der Waals surface area (Å²) in [6.07, 6.45) is 7.70. The van der Waals surface area contributed by atoms with Gasteiger partial charge in [-0.25, -0.2) is 19.6 Å². The highest BCUT2D eigenvalue weighted by Crippen LogP contribution is 2.23. The first kappa shape index (κ1) is 23.2. The van der Waals surface area contributed by atoms with E-state index in [1.165, 1.54) is 19.3 Å². The molecule has 3 N–H and O–H groups in total. The van der Waals surface area contributed by atoms with Crippen molar-refractivity contribution < 1.29 is 24.2 Å². The first-order valence-electron chi connectivity index (χ1n) is 10.6. The van der Waals surface area contributed by atoms with Gasteiger partial charge in [0.1, 0.15) is 22.9 Å². The number of nitrogens with one attached hydrogen (secondary N) is 1. The fourth-order valence-electron chi connectivity index (χ4n) is 3.75. The average Bonchev–Trinajstić information content (AvgIpc) is 3.21. The van der Waals surface area contributed by atoms with Gasteiger partial charge in [-0.2, -0.15) is 0 Å². The molecule has 0 saturated carbocycles. The van der Waals surface area contributed by atoms with Gasteiger partial charge in [-0.15, -0.1) is 0 Å². The van der Waals surface area contributed by atoms with Gasteiger partial charge in [0.05, 0.1) is 6.54 Å². The second kappa shape index (κ2) is 11.2. The van der Waals surface area contributed by atoms with Crippen molar-refractivity contribution in [3.05, 3.63) is 60.0 Å². The molecule has 9 nitrogen and oxygen atoms in total. The summed E-state index contributed by atoms with van der Waals surface area (Å²) in [5.41, 5.74) is 1.93. The zero-order chi connectivity index (χ0) is 22.9. The SMILES string of the molecule is Cc1ccc(Cn2c(CC3CCCNCC3)nc3cccnc32)o1.O=C(O)/C=C/C(=O)O. The van der Waals surface area contributed by atoms with Crippen LogP contribution >= 0.6 is 0 Å². The molecule has 1 aliphatic heterocycles. The minimum absolute atomic E-state index is 0.558. The zero-order valence-corrected chi connectivity index (χ0v) is 18.0. The van der Waals surface area contributed by atoms with Crippen LogP contribution in [-0.2, 0) is 22.6 Å². The Balaban J connectivity index is 0.000000312. The summed E-state index contributed by atoms with van der Waals surface area (Å²) < 4.78 is 8.01. The number of rotatable bonds is 6. The summed E-state index contributed by atoms with van der Waals surface area (Å²) in [5, 5.41) is 19.1. The quantitative estimate of drug-likeness (QED) is 0.499. The van der Waals surface area contributed by atoms with Crippen molar-refractivity contribution in [1.29, 1.82) is 0 Å². The number of aromatic nitrogens is 3. The lowest BCUT2D eigenvalue weighted by Crippen LogP contribution is -2.15. The van der Waals surface area contributed by atoms with E-state index in [1.54, 1.807) is 0 Å². The van der Waals surface area contributed by atoms with Crippen LogP contribution in [0.4, 0.5) is 0 Å². The summed E-state index contributed by atoms with van der Waals surface area (Å²) in [7, 11) is 0. The van der Waals surface area contributed by atoms with E-state index >= 15 is 0 Å². The largest absolute Gasteiger partial charge is 0.478 e. The number of carbonyl (C=O) groups is 2. The summed E-state index contributed by atoms with van der Waals surface area (Å²) >= 11 is 0. The Morgan fingerprint density at radius 1 is 1.19 bits per heavy atom. The Kier molecular flexibility index (Phi) is 8.15. The van der Waals surface area contributed by atoms with Gasteiger partial charge in [0, 0.05) is 24.8 Å². The molecule has 0 spiro atoms. The number of hydrogen-bond acceptors (Lipinski definition) is 6. The molecular formula is C23H28N4O5. The highest BCUT2D eigenvalue weighted by atomic mass is 16.4. The van der Waals surface area contributed by atoms with E-state index < -0.39 is 11.9 Å². The minimum Gasteiger partial charge on any atom is -0.478 e. The Morgan fingerprint density at radius 3 is 2.66 bits per heavy atom. The van der Waals surface area contributed by atoms with Gasteiger partial charge >= 0.3 is 11.9 Å². The van der Waals surface area contributed by atoms with Crippen LogP contribution in [-0.4, -0.2) is 49.8 Å². The van der Waals surface area contributed by atoms with Gasteiger partial charge in [0.15, 0.2) is 5.65 Å². The van der Waals surface area contributed by atoms with Crippen LogP contribution in [0.1, 0.15) is 36.6 Å². The number of hydrogen-bond donors (Lipinski definition) is 3. The molecule has 9 heteroatoms. The molecular weight excluding hydrogens is 412 g/mol. The lowest BCUT2D eigenvalue weighted by Gasteiger charge is -2.14. The van der Waals surface area contributed by atoms with Crippen LogP contribution in [0.15, 0.2) is 47.0 Å². The van der Waals surface area contributed by atoms with Crippen LogP contribution in [0, 0.1) is 12.8 Å². The second-order valence-electron chi connectivity index (χ2n) is 7.73. The third kappa shape index (κ3) is 6.78. The normalized spacial score (nSPS) is 16.5. The number of nitrogens with zero attached hydrogens (tertiary/aromatic N) is 3. The second-order valence-corrected chi connectivity index (χ2v) is 7.73. The van der Waals surface area contributed by atoms with Crippen LogP contribution in [0.25, 0.3) is 11.2 Å². The van der Waals surface area contributed by atoms with E-state index in [1.807, 2.05) is 37.4 Å². The first-order chi connectivity index (χ1) is 15.4. The van der Waals surface area contributed by atoms with Gasteiger partial charge in [0.2, 0.25) is 0 Å². The van der Waals surface area contributed by atoms with E-state index in [0.29, 0.717) is 24.6 Å². The van der Waals surface area contributed by atoms with Crippen molar-refractivity contribution >= 4 is 23.1 Å². The summed E-state index contributed by atoms with van der Waals surface area (Å²) in [6, 6.07) is 8.06. The topological polar surface area (TPSA) is 130 Å². The number of fused-ring (bicyclic) bond motifs is 1. The number of carboxylic acid groups (broad SMARTS) is 2. The van der Waals surface area contributed by atoms with Crippen molar-refractivity contribution in [1.82, 2.24) is 19.9 Å². The van der Waals surface area contributed by atoms with Crippen LogP contribution in [0.3, 0.4) is 0 Å². The molecule has 0 amide bonds. The van der Waals surface area contributed by atoms with E-state index in [2.05, 4.69) is 14.9 Å². The summed E-state index contributed by atoms with van der Waals surface area (Å²) in [6.45, 7) is 4.93. The lowest BCUT2D eigenvalue weighted by molar-refractivity contribution is -0.134. The summed E-state index contributed by atoms with van der Waals surface area (Å²) in [4.78, 5) is 28.5. The number of pyridine rings is 1. The van der Waals surface area contributed by atoms with Crippen molar-refractivity contribution in [2.24, 2.45) is 5.92 Å². The fourth-order valence-corrected chi connectivity index (χ4v) is 3.75. The monoisotopic (exact) mass is 440 g/mol. The van der Waals surface area contributed by atoms with Gasteiger partial charge < -0.3 is 24.5 Å². The average molecular weight is 441 g/mol. The molecule has 0 aromatic carbocycles. The Morgan fingerprint density at radius 2 is 1.97 bits per heavy atom. The molecule has 1 aliphatic rings. The molecule has 1 saturated heterocycles. The van der Waals surface area contributed by atoms with E-state index in [9.17, 15) is 9.59 Å². The highest BCUT2D eigenvalue weighted by Gasteiger charge is 2.19. The molecule has 0 aliphatic carbocycles. The molecule has 3 aromatic rings. The maximum absolute atomic E-state index is 9.55. The van der Waals surface area contributed by atoms with Crippen LogP contribution in [0.5, 0.6) is 0 Å². The van der Waals surface area contributed by atoms with Crippen molar-refractivity contribution in [3.63, 3.8) is 0 Å². The third-order valence-corrected chi connectivity index (χ3v) is 5.23. The van der Waals surface area contributed by atoms with Crippen molar-refractivity contribution in [2.75, 3.05) is 13.1 Å². The van der Waals surface area contributed by atoms with Gasteiger partial charge in [0.25, 0.3) is 0 Å². The third-order valence-electron chi connectivity index (χ3n) is 5.23. The predicted molar refractivity (Wildman–Crippen MR) is 118 cm³/mol. The maximum Gasteiger partial charge on any atom is 0.328 e.